The van der Waals surface area contributed by atoms with Gasteiger partial charge in [-0.15, -0.1) is 0 Å². The van der Waals surface area contributed by atoms with E-state index in [2.05, 4.69) is 26.2 Å². The molecule has 0 spiro atoms. The molecule has 3 fully saturated rings. The number of carbonyl (C=O) groups is 1. The van der Waals surface area contributed by atoms with Gasteiger partial charge in [0.25, 0.3) is 0 Å². The highest BCUT2D eigenvalue weighted by atomic mass is 19.4. The van der Waals surface area contributed by atoms with Crippen molar-refractivity contribution in [3.05, 3.63) is 59.4 Å². The van der Waals surface area contributed by atoms with Gasteiger partial charge in [0, 0.05) is 49.9 Å². The molecule has 44 heavy (non-hydrogen) atoms. The van der Waals surface area contributed by atoms with Crippen LogP contribution in [0, 0.1) is 12.0 Å². The first-order valence-electron chi connectivity index (χ1n) is 15.2. The van der Waals surface area contributed by atoms with Crippen molar-refractivity contribution in [2.75, 3.05) is 68.8 Å². The lowest BCUT2D eigenvalue weighted by molar-refractivity contribution is -0.140. The molecule has 4 aliphatic rings. The molecule has 13 heteroatoms. The van der Waals surface area contributed by atoms with Gasteiger partial charge in [0.15, 0.2) is 5.69 Å². The molecule has 0 bridgehead atoms. The molecule has 10 nitrogen and oxygen atoms in total. The van der Waals surface area contributed by atoms with Gasteiger partial charge in [-0.05, 0) is 63.4 Å². The van der Waals surface area contributed by atoms with Crippen LogP contribution in [0.15, 0.2) is 31.0 Å². The Bertz CT molecular complexity index is 1430. The largest absolute Gasteiger partial charge is 0.463 e. The summed E-state index contributed by atoms with van der Waals surface area (Å²) in [6.07, 6.45) is 2.86. The number of alkyl halides is 3. The summed E-state index contributed by atoms with van der Waals surface area (Å²) in [5.41, 5.74) is 0.643. The van der Waals surface area contributed by atoms with Crippen LogP contribution in [0.4, 0.5) is 24.7 Å². The molecule has 5 heterocycles. The van der Waals surface area contributed by atoms with Crippen LogP contribution in [0.1, 0.15) is 42.6 Å². The average molecular weight is 611 g/mol. The fourth-order valence-corrected chi connectivity index (χ4v) is 6.66. The summed E-state index contributed by atoms with van der Waals surface area (Å²) in [6, 6.07) is 2.82. The number of piperazine rings is 1. The Labute approximate surface area is 255 Å². The lowest BCUT2D eigenvalue weighted by Gasteiger charge is -2.41. The fraction of sp³-hybridized carbons (Fsp3) is 0.581. The van der Waals surface area contributed by atoms with Gasteiger partial charge in [-0.25, -0.2) is 11.6 Å². The number of fused-ring (bicyclic) bond motifs is 1. The van der Waals surface area contributed by atoms with Crippen molar-refractivity contribution >= 4 is 17.4 Å². The SMILES string of the molecule is [C-]#[N+]CC1CN(c2nc(OCC3(CN4CCCC4)CC3)nc3c2CCN(c2cccnc2C(F)(F)F)C3)CCN1C(=O)C=C. The first-order chi connectivity index (χ1) is 21.2. The molecule has 0 radical (unpaired) electrons. The summed E-state index contributed by atoms with van der Waals surface area (Å²) in [4.78, 5) is 37.3. The van der Waals surface area contributed by atoms with Gasteiger partial charge in [-0.1, -0.05) is 6.58 Å². The highest BCUT2D eigenvalue weighted by Gasteiger charge is 2.45. The second-order valence-electron chi connectivity index (χ2n) is 12.2. The molecule has 0 aromatic carbocycles. The van der Waals surface area contributed by atoms with E-state index in [1.807, 2.05) is 0 Å². The fourth-order valence-electron chi connectivity index (χ4n) is 6.66. The number of nitrogens with zero attached hydrogens (tertiary/aromatic N) is 8. The van der Waals surface area contributed by atoms with E-state index in [4.69, 9.17) is 21.3 Å². The van der Waals surface area contributed by atoms with Gasteiger partial charge in [-0.2, -0.15) is 23.1 Å². The van der Waals surface area contributed by atoms with Crippen LogP contribution in [-0.2, 0) is 23.9 Å². The number of halogens is 3. The number of pyridine rings is 1. The van der Waals surface area contributed by atoms with Crippen molar-refractivity contribution in [2.24, 2.45) is 5.41 Å². The number of rotatable bonds is 9. The lowest BCUT2D eigenvalue weighted by atomic mass is 10.0. The van der Waals surface area contributed by atoms with E-state index in [-0.39, 0.29) is 42.2 Å². The number of ether oxygens (including phenoxy) is 1. The molecular formula is C31H37F3N8O2. The summed E-state index contributed by atoms with van der Waals surface area (Å²) in [5.74, 6) is 0.448. The minimum atomic E-state index is -4.59. The van der Waals surface area contributed by atoms with E-state index in [1.54, 1.807) is 9.80 Å². The van der Waals surface area contributed by atoms with E-state index < -0.39 is 11.9 Å². The number of hydrogen-bond donors (Lipinski definition) is 0. The highest BCUT2D eigenvalue weighted by Crippen LogP contribution is 2.47. The number of aromatic nitrogens is 3. The molecule has 6 rings (SSSR count). The van der Waals surface area contributed by atoms with E-state index in [0.29, 0.717) is 50.7 Å². The predicted molar refractivity (Wildman–Crippen MR) is 158 cm³/mol. The van der Waals surface area contributed by atoms with E-state index in [0.717, 1.165) is 44.2 Å². The first kappa shape index (κ1) is 30.1. The second-order valence-corrected chi connectivity index (χ2v) is 12.2. The molecule has 1 unspecified atom stereocenters. The Hall–Kier alpha value is -3.92. The number of hydrogen-bond acceptors (Lipinski definition) is 8. The van der Waals surface area contributed by atoms with Gasteiger partial charge in [0.05, 0.1) is 24.5 Å². The second kappa shape index (κ2) is 12.2. The van der Waals surface area contributed by atoms with Crippen molar-refractivity contribution in [1.82, 2.24) is 24.8 Å². The molecule has 0 N–H and O–H groups in total. The normalized spacial score (nSPS) is 21.5. The van der Waals surface area contributed by atoms with Gasteiger partial charge < -0.3 is 29.2 Å². The molecule has 1 aliphatic carbocycles. The summed E-state index contributed by atoms with van der Waals surface area (Å²) >= 11 is 0. The Morgan fingerprint density at radius 1 is 1.16 bits per heavy atom. The molecule has 234 valence electrons. The van der Waals surface area contributed by atoms with E-state index >= 15 is 0 Å². The molecule has 2 saturated heterocycles. The maximum atomic E-state index is 13.8. The standard InChI is InChI=1S/C31H37F3N8O2/c1-3-26(43)42-16-15-41(18-22(42)17-35-2)28-23-8-14-40(25-7-6-11-36-27(25)31(32,33)34)19-24(23)37-29(38-28)44-21-30(9-10-30)20-39-12-4-5-13-39/h3,6-7,11,22H,1,4-5,8-10,12-21H2. The first-order valence-corrected chi connectivity index (χ1v) is 15.2. The van der Waals surface area contributed by atoms with Crippen molar-refractivity contribution in [3.63, 3.8) is 0 Å². The summed E-state index contributed by atoms with van der Waals surface area (Å²) in [7, 11) is 0. The maximum absolute atomic E-state index is 13.8. The minimum Gasteiger partial charge on any atom is -0.463 e. The Balaban J connectivity index is 1.30. The number of carbonyl (C=O) groups excluding carboxylic acids is 1. The maximum Gasteiger partial charge on any atom is 0.435 e. The minimum absolute atomic E-state index is 0.0181. The third-order valence-corrected chi connectivity index (χ3v) is 9.18. The molecule has 2 aromatic heterocycles. The molecule has 3 aliphatic heterocycles. The van der Waals surface area contributed by atoms with Crippen LogP contribution in [0.3, 0.4) is 0 Å². The van der Waals surface area contributed by atoms with Crippen molar-refractivity contribution in [3.8, 4) is 6.01 Å². The van der Waals surface area contributed by atoms with Crippen LogP contribution in [-0.4, -0.2) is 95.7 Å². The molecular weight excluding hydrogens is 573 g/mol. The smallest absolute Gasteiger partial charge is 0.435 e. The Morgan fingerprint density at radius 2 is 1.95 bits per heavy atom. The average Bonchev–Trinajstić information content (AvgIpc) is 3.60. The van der Waals surface area contributed by atoms with Crippen LogP contribution in [0.2, 0.25) is 0 Å². The molecule has 2 aromatic rings. The predicted octanol–water partition coefficient (Wildman–Crippen LogP) is 3.83. The molecule has 1 amide bonds. The monoisotopic (exact) mass is 610 g/mol. The number of likely N-dealkylation sites (tertiary alicyclic amines) is 1. The van der Waals surface area contributed by atoms with Crippen molar-refractivity contribution in [2.45, 2.75) is 50.9 Å². The molecule has 1 saturated carbocycles. The van der Waals surface area contributed by atoms with Crippen molar-refractivity contribution in [1.29, 1.82) is 0 Å². The van der Waals surface area contributed by atoms with Crippen LogP contribution >= 0.6 is 0 Å². The molecule has 1 atom stereocenters. The quantitative estimate of drug-likeness (QED) is 0.313. The Kier molecular flexibility index (Phi) is 8.37. The number of anilines is 2. The summed E-state index contributed by atoms with van der Waals surface area (Å²) < 4.78 is 47.8. The third-order valence-electron chi connectivity index (χ3n) is 9.18. The van der Waals surface area contributed by atoms with Crippen LogP contribution in [0.5, 0.6) is 6.01 Å². The lowest BCUT2D eigenvalue weighted by Crippen LogP contribution is -2.56. The van der Waals surface area contributed by atoms with E-state index in [1.165, 1.54) is 31.1 Å². The van der Waals surface area contributed by atoms with Gasteiger partial charge in [-0.3, -0.25) is 4.79 Å². The highest BCUT2D eigenvalue weighted by molar-refractivity contribution is 5.87. The summed E-state index contributed by atoms with van der Waals surface area (Å²) in [6.45, 7) is 16.6. The third kappa shape index (κ3) is 6.31. The van der Waals surface area contributed by atoms with Gasteiger partial charge in [0.2, 0.25) is 12.5 Å². The summed E-state index contributed by atoms with van der Waals surface area (Å²) in [5, 5.41) is 0. The number of amides is 1. The zero-order valence-electron chi connectivity index (χ0n) is 24.7. The zero-order chi connectivity index (χ0) is 30.9. The van der Waals surface area contributed by atoms with Crippen LogP contribution < -0.4 is 14.5 Å². The zero-order valence-corrected chi connectivity index (χ0v) is 24.7. The van der Waals surface area contributed by atoms with E-state index in [9.17, 15) is 18.0 Å². The van der Waals surface area contributed by atoms with Gasteiger partial charge in [0.1, 0.15) is 11.9 Å². The van der Waals surface area contributed by atoms with Crippen molar-refractivity contribution < 1.29 is 22.7 Å². The van der Waals surface area contributed by atoms with Crippen LogP contribution in [0.25, 0.3) is 4.85 Å². The Morgan fingerprint density at radius 3 is 2.66 bits per heavy atom. The topological polar surface area (TPSA) is 82.3 Å². The van der Waals surface area contributed by atoms with Gasteiger partial charge >= 0.3 is 12.2 Å².